The number of hydrogen-bond acceptors (Lipinski definition) is 3. The van der Waals surface area contributed by atoms with Crippen molar-refractivity contribution in [3.05, 3.63) is 0 Å². The first-order valence-electron chi connectivity index (χ1n) is 5.53. The molecule has 1 rings (SSSR count). The molecule has 15 heavy (non-hydrogen) atoms. The molecule has 1 saturated heterocycles. The van der Waals surface area contributed by atoms with Gasteiger partial charge in [-0.25, -0.2) is 0 Å². The minimum atomic E-state index is -0.396. The molecular formula is C12H23NO2. The summed E-state index contributed by atoms with van der Waals surface area (Å²) in [5.41, 5.74) is -0.741. The topological polar surface area (TPSA) is 38.3 Å². The fourth-order valence-electron chi connectivity index (χ4n) is 2.08. The van der Waals surface area contributed by atoms with Gasteiger partial charge in [-0.2, -0.15) is 0 Å². The Morgan fingerprint density at radius 1 is 1.27 bits per heavy atom. The summed E-state index contributed by atoms with van der Waals surface area (Å²) in [6.07, 6.45) is 0.828. The number of hydrogen-bond donors (Lipinski definition) is 1. The van der Waals surface area contributed by atoms with E-state index in [1.165, 1.54) is 0 Å². The van der Waals surface area contributed by atoms with Gasteiger partial charge in [0.25, 0.3) is 0 Å². The van der Waals surface area contributed by atoms with Crippen LogP contribution in [-0.2, 0) is 9.53 Å². The van der Waals surface area contributed by atoms with Crippen LogP contribution in [-0.4, -0.2) is 23.7 Å². The molecule has 0 saturated carbocycles. The second-order valence-electron chi connectivity index (χ2n) is 6.48. The van der Waals surface area contributed by atoms with E-state index >= 15 is 0 Å². The largest absolute Gasteiger partial charge is 0.460 e. The number of nitrogens with one attached hydrogen (secondary N) is 1. The van der Waals surface area contributed by atoms with Crippen molar-refractivity contribution in [2.45, 2.75) is 59.1 Å². The Labute approximate surface area is 92.6 Å². The summed E-state index contributed by atoms with van der Waals surface area (Å²) < 4.78 is 5.44. The molecule has 0 radical (unpaired) electrons. The van der Waals surface area contributed by atoms with E-state index in [-0.39, 0.29) is 16.9 Å². The fraction of sp³-hybridized carbons (Fsp3) is 0.917. The summed E-state index contributed by atoms with van der Waals surface area (Å²) in [5.74, 6) is -0.0897. The smallest absolute Gasteiger partial charge is 0.313 e. The van der Waals surface area contributed by atoms with Gasteiger partial charge in [-0.05, 0) is 48.0 Å². The van der Waals surface area contributed by atoms with Crippen LogP contribution in [0.4, 0.5) is 0 Å². The van der Waals surface area contributed by atoms with E-state index in [1.807, 2.05) is 27.7 Å². The number of carbonyl (C=O) groups is 1. The molecule has 1 fully saturated rings. The van der Waals surface area contributed by atoms with Crippen LogP contribution in [0.5, 0.6) is 0 Å². The fourth-order valence-corrected chi connectivity index (χ4v) is 2.08. The lowest BCUT2D eigenvalue weighted by molar-refractivity contribution is -0.165. The van der Waals surface area contributed by atoms with Crippen molar-refractivity contribution >= 4 is 5.97 Å². The Morgan fingerprint density at radius 3 is 2.13 bits per heavy atom. The van der Waals surface area contributed by atoms with Crippen molar-refractivity contribution in [1.29, 1.82) is 0 Å². The molecule has 0 amide bonds. The van der Waals surface area contributed by atoms with Crippen LogP contribution >= 0.6 is 0 Å². The predicted octanol–water partition coefficient (Wildman–Crippen LogP) is 2.11. The van der Waals surface area contributed by atoms with Crippen molar-refractivity contribution in [2.75, 3.05) is 6.54 Å². The normalized spacial score (nSPS) is 30.3. The highest BCUT2D eigenvalue weighted by molar-refractivity contribution is 5.77. The number of esters is 1. The van der Waals surface area contributed by atoms with Gasteiger partial charge in [-0.15, -0.1) is 0 Å². The molecule has 1 heterocycles. The first-order valence-corrected chi connectivity index (χ1v) is 5.53. The highest BCUT2D eigenvalue weighted by Crippen LogP contribution is 2.36. The maximum Gasteiger partial charge on any atom is 0.313 e. The van der Waals surface area contributed by atoms with Crippen molar-refractivity contribution in [3.63, 3.8) is 0 Å². The number of rotatable bonds is 1. The van der Waals surface area contributed by atoms with Crippen molar-refractivity contribution in [2.24, 2.45) is 5.41 Å². The van der Waals surface area contributed by atoms with Gasteiger partial charge < -0.3 is 10.1 Å². The molecule has 0 aromatic heterocycles. The van der Waals surface area contributed by atoms with E-state index in [4.69, 9.17) is 4.74 Å². The van der Waals surface area contributed by atoms with Crippen LogP contribution in [0.25, 0.3) is 0 Å². The Balaban J connectivity index is 2.69. The lowest BCUT2D eigenvalue weighted by atomic mass is 9.84. The van der Waals surface area contributed by atoms with Crippen molar-refractivity contribution in [1.82, 2.24) is 5.32 Å². The summed E-state index contributed by atoms with van der Waals surface area (Å²) in [7, 11) is 0. The molecule has 3 nitrogen and oxygen atoms in total. The molecule has 0 aliphatic carbocycles. The minimum absolute atomic E-state index is 0.0334. The van der Waals surface area contributed by atoms with E-state index in [0.717, 1.165) is 6.42 Å². The maximum absolute atomic E-state index is 12.0. The van der Waals surface area contributed by atoms with Crippen LogP contribution in [0, 0.1) is 5.41 Å². The van der Waals surface area contributed by atoms with Gasteiger partial charge in [0.05, 0.1) is 5.41 Å². The van der Waals surface area contributed by atoms with Gasteiger partial charge in [0.2, 0.25) is 0 Å². The highest BCUT2D eigenvalue weighted by Gasteiger charge is 2.46. The molecule has 1 N–H and O–H groups in total. The van der Waals surface area contributed by atoms with E-state index in [1.54, 1.807) is 0 Å². The van der Waals surface area contributed by atoms with Gasteiger partial charge in [0, 0.05) is 12.1 Å². The Hall–Kier alpha value is -0.570. The van der Waals surface area contributed by atoms with Crippen LogP contribution in [0.1, 0.15) is 48.0 Å². The molecule has 88 valence electrons. The second-order valence-corrected chi connectivity index (χ2v) is 6.48. The van der Waals surface area contributed by atoms with E-state index < -0.39 is 5.60 Å². The molecule has 0 bridgehead atoms. The zero-order valence-corrected chi connectivity index (χ0v) is 10.7. The van der Waals surface area contributed by atoms with E-state index in [9.17, 15) is 4.79 Å². The molecule has 1 atom stereocenters. The summed E-state index contributed by atoms with van der Waals surface area (Å²) in [6.45, 7) is 12.6. The molecular weight excluding hydrogens is 190 g/mol. The first kappa shape index (κ1) is 12.5. The van der Waals surface area contributed by atoms with Gasteiger partial charge >= 0.3 is 5.97 Å². The van der Waals surface area contributed by atoms with Gasteiger partial charge in [-0.1, -0.05) is 0 Å². The summed E-state index contributed by atoms with van der Waals surface area (Å²) in [5, 5.41) is 3.35. The van der Waals surface area contributed by atoms with Gasteiger partial charge in [0.1, 0.15) is 5.60 Å². The van der Waals surface area contributed by atoms with Gasteiger partial charge in [-0.3, -0.25) is 4.79 Å². The summed E-state index contributed by atoms with van der Waals surface area (Å²) in [6, 6.07) is 0. The first-order chi connectivity index (χ1) is 6.54. The third kappa shape index (κ3) is 3.20. The molecule has 0 aromatic rings. The average molecular weight is 213 g/mol. The van der Waals surface area contributed by atoms with Crippen LogP contribution < -0.4 is 5.32 Å². The third-order valence-electron chi connectivity index (χ3n) is 2.68. The molecule has 3 heteroatoms. The quantitative estimate of drug-likeness (QED) is 0.678. The molecule has 0 spiro atoms. The zero-order valence-electron chi connectivity index (χ0n) is 10.7. The Morgan fingerprint density at radius 2 is 1.80 bits per heavy atom. The Bertz CT molecular complexity index is 265. The van der Waals surface area contributed by atoms with Crippen LogP contribution in [0.2, 0.25) is 0 Å². The molecule has 0 aromatic carbocycles. The van der Waals surface area contributed by atoms with Gasteiger partial charge in [0.15, 0.2) is 0 Å². The average Bonchev–Trinajstić information content (AvgIpc) is 2.23. The Kier molecular flexibility index (Phi) is 2.90. The molecule has 1 unspecified atom stereocenters. The minimum Gasteiger partial charge on any atom is -0.460 e. The zero-order chi connectivity index (χ0) is 11.9. The van der Waals surface area contributed by atoms with Crippen LogP contribution in [0.3, 0.4) is 0 Å². The standard InChI is InChI=1S/C12H23NO2/c1-10(2,3)15-9(14)12(6)7-11(4,5)13-8-12/h13H,7-8H2,1-6H3. The molecule has 1 aliphatic heterocycles. The van der Waals surface area contributed by atoms with Crippen LogP contribution in [0.15, 0.2) is 0 Å². The maximum atomic E-state index is 12.0. The third-order valence-corrected chi connectivity index (χ3v) is 2.68. The SMILES string of the molecule is CC1(C)CC(C)(C(=O)OC(C)(C)C)CN1. The second kappa shape index (κ2) is 3.48. The van der Waals surface area contributed by atoms with Crippen molar-refractivity contribution < 1.29 is 9.53 Å². The molecule has 1 aliphatic rings. The van der Waals surface area contributed by atoms with Crippen molar-refractivity contribution in [3.8, 4) is 0 Å². The summed E-state index contributed by atoms with van der Waals surface area (Å²) >= 11 is 0. The lowest BCUT2D eigenvalue weighted by Gasteiger charge is -2.28. The highest BCUT2D eigenvalue weighted by atomic mass is 16.6. The van der Waals surface area contributed by atoms with E-state index in [0.29, 0.717) is 6.54 Å². The monoisotopic (exact) mass is 213 g/mol. The number of carbonyl (C=O) groups excluding carboxylic acids is 1. The summed E-state index contributed by atoms with van der Waals surface area (Å²) in [4.78, 5) is 12.0. The predicted molar refractivity (Wildman–Crippen MR) is 60.7 cm³/mol. The number of ether oxygens (including phenoxy) is 1. The van der Waals surface area contributed by atoms with E-state index in [2.05, 4.69) is 19.2 Å². The lowest BCUT2D eigenvalue weighted by Crippen LogP contribution is -2.37.